The van der Waals surface area contributed by atoms with Gasteiger partial charge in [0.2, 0.25) is 0 Å². The van der Waals surface area contributed by atoms with Crippen LogP contribution in [-0.2, 0) is 13.0 Å². The van der Waals surface area contributed by atoms with Gasteiger partial charge in [0, 0.05) is 17.9 Å². The lowest BCUT2D eigenvalue weighted by atomic mass is 10.1. The number of nitrogens with zero attached hydrogens (tertiary/aromatic N) is 2. The zero-order valence-electron chi connectivity index (χ0n) is 15.7. The number of carbonyl (C=O) groups excluding carboxylic acids is 2. The molecule has 2 heterocycles. The number of hydrogen-bond donors (Lipinski definition) is 2. The summed E-state index contributed by atoms with van der Waals surface area (Å²) in [5.41, 5.74) is 3.59. The van der Waals surface area contributed by atoms with Crippen LogP contribution in [0.2, 0.25) is 0 Å². The summed E-state index contributed by atoms with van der Waals surface area (Å²) in [7, 11) is 0. The monoisotopic (exact) mass is 374 g/mol. The van der Waals surface area contributed by atoms with Gasteiger partial charge in [-0.05, 0) is 49.9 Å². The van der Waals surface area contributed by atoms with E-state index in [1.165, 1.54) is 0 Å². The molecular weight excluding hydrogens is 352 g/mol. The number of benzene rings is 2. The molecule has 2 amide bonds. The van der Waals surface area contributed by atoms with Crippen LogP contribution in [0.1, 0.15) is 45.2 Å². The predicted molar refractivity (Wildman–Crippen MR) is 109 cm³/mol. The first kappa shape index (κ1) is 18.0. The van der Waals surface area contributed by atoms with Crippen LogP contribution in [0.25, 0.3) is 0 Å². The van der Waals surface area contributed by atoms with E-state index in [2.05, 4.69) is 15.6 Å². The molecule has 1 aliphatic rings. The lowest BCUT2D eigenvalue weighted by Gasteiger charge is -2.17. The van der Waals surface area contributed by atoms with Crippen molar-refractivity contribution in [3.8, 4) is 0 Å². The van der Waals surface area contributed by atoms with Gasteiger partial charge in [-0.3, -0.25) is 9.59 Å². The molecule has 1 aromatic heterocycles. The third-order valence-electron chi connectivity index (χ3n) is 4.96. The molecule has 0 atom stereocenters. The van der Waals surface area contributed by atoms with E-state index < -0.39 is 0 Å². The maximum absolute atomic E-state index is 12.9. The molecule has 0 bridgehead atoms. The number of nitrogens with one attached hydrogen (secondary N) is 2. The van der Waals surface area contributed by atoms with Crippen LogP contribution < -0.4 is 10.6 Å². The van der Waals surface area contributed by atoms with Gasteiger partial charge in [-0.15, -0.1) is 0 Å². The Morgan fingerprint density at radius 3 is 2.46 bits per heavy atom. The molecule has 142 valence electrons. The molecule has 28 heavy (non-hydrogen) atoms. The molecule has 0 saturated heterocycles. The highest BCUT2D eigenvalue weighted by Gasteiger charge is 2.27. The standard InChI is InChI=1S/C22H22N4O2/c1-15-9-5-6-12-17(15)24-22(28)20-25-19(18-13-7-8-14-26(18)20)21(27)23-16-10-3-2-4-11-16/h2-6,9-12H,7-8,13-14H2,1H3,(H,23,27)(H,24,28). The van der Waals surface area contributed by atoms with Crippen molar-refractivity contribution >= 4 is 23.2 Å². The molecule has 0 fully saturated rings. The van der Waals surface area contributed by atoms with Crippen molar-refractivity contribution in [1.29, 1.82) is 0 Å². The number of imidazole rings is 1. The maximum atomic E-state index is 12.9. The second kappa shape index (κ2) is 7.68. The van der Waals surface area contributed by atoms with E-state index in [0.717, 1.165) is 36.2 Å². The summed E-state index contributed by atoms with van der Waals surface area (Å²) in [5, 5.41) is 5.80. The average molecular weight is 374 g/mol. The molecule has 2 aromatic carbocycles. The van der Waals surface area contributed by atoms with Gasteiger partial charge in [0.1, 0.15) is 0 Å². The largest absolute Gasteiger partial charge is 0.323 e. The van der Waals surface area contributed by atoms with Gasteiger partial charge in [0.25, 0.3) is 11.8 Å². The zero-order chi connectivity index (χ0) is 19.5. The fourth-order valence-electron chi connectivity index (χ4n) is 3.50. The van der Waals surface area contributed by atoms with E-state index in [4.69, 9.17) is 0 Å². The first-order valence-corrected chi connectivity index (χ1v) is 9.46. The Hall–Kier alpha value is -3.41. The minimum atomic E-state index is -0.295. The summed E-state index contributed by atoms with van der Waals surface area (Å²) in [5.74, 6) is -0.292. The number of carbonyl (C=O) groups is 2. The van der Waals surface area contributed by atoms with Gasteiger partial charge in [-0.25, -0.2) is 4.98 Å². The minimum absolute atomic E-state index is 0.285. The number of rotatable bonds is 4. The number of aryl methyl sites for hydroxylation is 1. The van der Waals surface area contributed by atoms with E-state index in [0.29, 0.717) is 17.9 Å². The molecule has 2 N–H and O–H groups in total. The Kier molecular flexibility index (Phi) is 4.93. The molecule has 4 rings (SSSR count). The molecule has 0 spiro atoms. The van der Waals surface area contributed by atoms with Crippen molar-refractivity contribution in [3.63, 3.8) is 0 Å². The number of aromatic nitrogens is 2. The predicted octanol–water partition coefficient (Wildman–Crippen LogP) is 4.03. The lowest BCUT2D eigenvalue weighted by molar-refractivity contribution is 0.101. The highest BCUT2D eigenvalue weighted by molar-refractivity contribution is 6.07. The Bertz CT molecular complexity index is 1020. The van der Waals surface area contributed by atoms with Crippen molar-refractivity contribution < 1.29 is 9.59 Å². The minimum Gasteiger partial charge on any atom is -0.323 e. The summed E-state index contributed by atoms with van der Waals surface area (Å²) < 4.78 is 1.89. The van der Waals surface area contributed by atoms with Gasteiger partial charge in [0.05, 0.1) is 5.69 Å². The lowest BCUT2D eigenvalue weighted by Crippen LogP contribution is -2.21. The van der Waals surface area contributed by atoms with Crippen LogP contribution >= 0.6 is 0 Å². The zero-order valence-corrected chi connectivity index (χ0v) is 15.7. The van der Waals surface area contributed by atoms with Crippen molar-refractivity contribution in [3.05, 3.63) is 77.4 Å². The van der Waals surface area contributed by atoms with E-state index >= 15 is 0 Å². The topological polar surface area (TPSA) is 76.0 Å². The second-order valence-electron chi connectivity index (χ2n) is 6.93. The summed E-state index contributed by atoms with van der Waals surface area (Å²) in [6, 6.07) is 16.9. The Morgan fingerprint density at radius 2 is 1.68 bits per heavy atom. The highest BCUT2D eigenvalue weighted by atomic mass is 16.2. The van der Waals surface area contributed by atoms with Gasteiger partial charge < -0.3 is 15.2 Å². The Morgan fingerprint density at radius 1 is 0.929 bits per heavy atom. The fourth-order valence-corrected chi connectivity index (χ4v) is 3.50. The fraction of sp³-hybridized carbons (Fsp3) is 0.227. The molecule has 6 heteroatoms. The SMILES string of the molecule is Cc1ccccc1NC(=O)c1nc(C(=O)Nc2ccccc2)c2n1CCCC2. The summed E-state index contributed by atoms with van der Waals surface area (Å²) in [6.07, 6.45) is 2.69. The molecule has 1 aliphatic heterocycles. The van der Waals surface area contributed by atoms with Crippen molar-refractivity contribution in [2.45, 2.75) is 32.7 Å². The number of anilines is 2. The number of amides is 2. The van der Waals surface area contributed by atoms with Crippen LogP contribution in [0, 0.1) is 6.92 Å². The third kappa shape index (κ3) is 3.53. The van der Waals surface area contributed by atoms with Gasteiger partial charge >= 0.3 is 0 Å². The van der Waals surface area contributed by atoms with Gasteiger partial charge in [-0.2, -0.15) is 0 Å². The number of fused-ring (bicyclic) bond motifs is 1. The maximum Gasteiger partial charge on any atom is 0.291 e. The van der Waals surface area contributed by atoms with Crippen molar-refractivity contribution in [2.24, 2.45) is 0 Å². The number of para-hydroxylation sites is 2. The van der Waals surface area contributed by atoms with Crippen molar-refractivity contribution in [1.82, 2.24) is 9.55 Å². The smallest absolute Gasteiger partial charge is 0.291 e. The van der Waals surface area contributed by atoms with E-state index in [1.54, 1.807) is 0 Å². The van der Waals surface area contributed by atoms with Crippen LogP contribution in [0.4, 0.5) is 11.4 Å². The first-order chi connectivity index (χ1) is 13.6. The molecule has 6 nitrogen and oxygen atoms in total. The van der Waals surface area contributed by atoms with Gasteiger partial charge in [0.15, 0.2) is 11.5 Å². The molecular formula is C22H22N4O2. The average Bonchev–Trinajstić information content (AvgIpc) is 3.10. The summed E-state index contributed by atoms with van der Waals surface area (Å²) in [4.78, 5) is 30.2. The van der Waals surface area contributed by atoms with E-state index in [9.17, 15) is 9.59 Å². The molecule has 0 saturated carbocycles. The Balaban J connectivity index is 1.64. The second-order valence-corrected chi connectivity index (χ2v) is 6.93. The normalized spacial score (nSPS) is 12.9. The molecule has 0 aliphatic carbocycles. The molecule has 0 unspecified atom stereocenters. The molecule has 3 aromatic rings. The quantitative estimate of drug-likeness (QED) is 0.724. The van der Waals surface area contributed by atoms with Gasteiger partial charge in [-0.1, -0.05) is 36.4 Å². The van der Waals surface area contributed by atoms with Crippen molar-refractivity contribution in [2.75, 3.05) is 10.6 Å². The number of hydrogen-bond acceptors (Lipinski definition) is 3. The Labute approximate surface area is 163 Å². The van der Waals surface area contributed by atoms with Crippen LogP contribution in [0.15, 0.2) is 54.6 Å². The van der Waals surface area contributed by atoms with Crippen LogP contribution in [0.5, 0.6) is 0 Å². The highest BCUT2D eigenvalue weighted by Crippen LogP contribution is 2.23. The van der Waals surface area contributed by atoms with E-state index in [-0.39, 0.29) is 17.6 Å². The summed E-state index contributed by atoms with van der Waals surface area (Å²) in [6.45, 7) is 2.63. The third-order valence-corrected chi connectivity index (χ3v) is 4.96. The summed E-state index contributed by atoms with van der Waals surface area (Å²) >= 11 is 0. The van der Waals surface area contributed by atoms with Crippen LogP contribution in [-0.4, -0.2) is 21.4 Å². The molecule has 0 radical (unpaired) electrons. The van der Waals surface area contributed by atoms with E-state index in [1.807, 2.05) is 66.1 Å². The van der Waals surface area contributed by atoms with Crippen LogP contribution in [0.3, 0.4) is 0 Å². The first-order valence-electron chi connectivity index (χ1n) is 9.46.